The van der Waals surface area contributed by atoms with Crippen molar-refractivity contribution in [2.45, 2.75) is 31.2 Å². The van der Waals surface area contributed by atoms with Crippen LogP contribution in [0.3, 0.4) is 0 Å². The van der Waals surface area contributed by atoms with Gasteiger partial charge in [0, 0.05) is 6.61 Å². The van der Waals surface area contributed by atoms with Crippen LogP contribution in [0.5, 0.6) is 0 Å². The highest BCUT2D eigenvalue weighted by Gasteiger charge is 2.34. The minimum Gasteiger partial charge on any atom is -0.394 e. The smallest absolute Gasteiger partial charge is 0.394 e. The molecule has 2 N–H and O–H groups in total. The number of hydrogen-bond donors (Lipinski definition) is 2. The average Bonchev–Trinajstić information content (AvgIpc) is 2.25. The molecule has 1 amide bonds. The summed E-state index contributed by atoms with van der Waals surface area (Å²) in [7, 11) is 0. The highest BCUT2D eigenvalue weighted by atomic mass is 19.4. The van der Waals surface area contributed by atoms with E-state index in [9.17, 15) is 18.0 Å². The molecule has 1 aliphatic rings. The number of hydrogen-bond acceptors (Lipinski definition) is 4. The second-order valence-electron chi connectivity index (χ2n) is 3.96. The lowest BCUT2D eigenvalue weighted by molar-refractivity contribution is -0.156. The second-order valence-corrected chi connectivity index (χ2v) is 3.96. The molecule has 1 saturated heterocycles. The molecule has 1 aliphatic heterocycles. The molecule has 18 heavy (non-hydrogen) atoms. The normalized spacial score (nSPS) is 24.9. The molecular weight excluding hydrogens is 255 g/mol. The fourth-order valence-electron chi connectivity index (χ4n) is 1.70. The van der Waals surface area contributed by atoms with Gasteiger partial charge in [-0.05, 0) is 6.42 Å². The fourth-order valence-corrected chi connectivity index (χ4v) is 1.70. The van der Waals surface area contributed by atoms with Crippen LogP contribution < -0.4 is 5.32 Å². The van der Waals surface area contributed by atoms with Crippen molar-refractivity contribution in [3.63, 3.8) is 0 Å². The minimum absolute atomic E-state index is 0.0797. The van der Waals surface area contributed by atoms with Crippen molar-refractivity contribution in [2.75, 3.05) is 26.4 Å². The van der Waals surface area contributed by atoms with Gasteiger partial charge >= 0.3 is 6.18 Å². The quantitative estimate of drug-likeness (QED) is 0.750. The van der Waals surface area contributed by atoms with E-state index in [-0.39, 0.29) is 19.8 Å². The number of carbonyl (C=O) groups excluding carboxylic acids is 1. The molecule has 1 fully saturated rings. The predicted octanol–water partition coefficient (Wildman–Crippen LogP) is 0.221. The van der Waals surface area contributed by atoms with Crippen molar-refractivity contribution in [1.29, 1.82) is 0 Å². The third-order valence-electron chi connectivity index (χ3n) is 2.42. The van der Waals surface area contributed by atoms with Crippen LogP contribution in [-0.4, -0.2) is 55.8 Å². The van der Waals surface area contributed by atoms with Crippen molar-refractivity contribution in [1.82, 2.24) is 5.32 Å². The van der Waals surface area contributed by atoms with Gasteiger partial charge in [0.1, 0.15) is 6.42 Å². The number of alkyl halides is 3. The first-order valence-electron chi connectivity index (χ1n) is 5.58. The fraction of sp³-hybridized carbons (Fsp3) is 0.900. The van der Waals surface area contributed by atoms with Crippen molar-refractivity contribution >= 4 is 5.91 Å². The Morgan fingerprint density at radius 2 is 2.22 bits per heavy atom. The molecule has 0 radical (unpaired) electrons. The summed E-state index contributed by atoms with van der Waals surface area (Å²) in [5, 5.41) is 10.9. The molecule has 1 heterocycles. The molecule has 106 valence electrons. The van der Waals surface area contributed by atoms with Crippen LogP contribution in [0.4, 0.5) is 13.2 Å². The van der Waals surface area contributed by atoms with Crippen LogP contribution in [0, 0.1) is 0 Å². The minimum atomic E-state index is -4.53. The maximum absolute atomic E-state index is 12.0. The number of amides is 1. The Labute approximate surface area is 102 Å². The average molecular weight is 271 g/mol. The standard InChI is InChI=1S/C10H16F3NO4/c11-10(12,13)5-9(16)14-7-6-17-3-1-8(7)18-4-2-15/h7-8,15H,1-6H2,(H,14,16)/t7-,8+/m1/s1. The van der Waals surface area contributed by atoms with Crippen molar-refractivity contribution in [3.05, 3.63) is 0 Å². The van der Waals surface area contributed by atoms with E-state index in [2.05, 4.69) is 5.32 Å². The molecule has 0 unspecified atom stereocenters. The number of aliphatic hydroxyl groups excluding tert-OH is 1. The highest BCUT2D eigenvalue weighted by Crippen LogP contribution is 2.20. The summed E-state index contributed by atoms with van der Waals surface area (Å²) < 4.78 is 46.3. The summed E-state index contributed by atoms with van der Waals surface area (Å²) in [5.41, 5.74) is 0. The number of ether oxygens (including phenoxy) is 2. The maximum atomic E-state index is 12.0. The lowest BCUT2D eigenvalue weighted by Gasteiger charge is -2.32. The molecule has 0 bridgehead atoms. The first-order chi connectivity index (χ1) is 8.42. The predicted molar refractivity (Wildman–Crippen MR) is 54.9 cm³/mol. The summed E-state index contributed by atoms with van der Waals surface area (Å²) in [6.45, 7) is 0.429. The summed E-state index contributed by atoms with van der Waals surface area (Å²) >= 11 is 0. The summed E-state index contributed by atoms with van der Waals surface area (Å²) in [5.74, 6) is -1.10. The third-order valence-corrected chi connectivity index (χ3v) is 2.42. The Hall–Kier alpha value is -0.860. The number of rotatable bonds is 5. The van der Waals surface area contributed by atoms with E-state index in [4.69, 9.17) is 14.6 Å². The molecular formula is C10H16F3NO4. The van der Waals surface area contributed by atoms with Gasteiger partial charge < -0.3 is 19.9 Å². The summed E-state index contributed by atoms with van der Waals surface area (Å²) in [6.07, 6.45) is -6.00. The zero-order valence-electron chi connectivity index (χ0n) is 9.70. The second kappa shape index (κ2) is 6.91. The van der Waals surface area contributed by atoms with Crippen molar-refractivity contribution in [2.24, 2.45) is 0 Å². The molecule has 5 nitrogen and oxygen atoms in total. The van der Waals surface area contributed by atoms with Crippen LogP contribution in [0.15, 0.2) is 0 Å². The molecule has 0 spiro atoms. The Morgan fingerprint density at radius 3 is 2.83 bits per heavy atom. The lowest BCUT2D eigenvalue weighted by Crippen LogP contribution is -2.51. The molecule has 0 aromatic rings. The molecule has 0 aromatic carbocycles. The zero-order valence-corrected chi connectivity index (χ0v) is 9.70. The van der Waals surface area contributed by atoms with Gasteiger partial charge in [-0.25, -0.2) is 0 Å². The van der Waals surface area contributed by atoms with Crippen LogP contribution in [0.2, 0.25) is 0 Å². The van der Waals surface area contributed by atoms with E-state index >= 15 is 0 Å². The van der Waals surface area contributed by atoms with Gasteiger partial charge in [-0.2, -0.15) is 13.2 Å². The van der Waals surface area contributed by atoms with Crippen LogP contribution in [0.25, 0.3) is 0 Å². The number of nitrogens with one attached hydrogen (secondary N) is 1. The largest absolute Gasteiger partial charge is 0.397 e. The SMILES string of the molecule is O=C(CC(F)(F)F)N[C@@H]1COCC[C@@H]1OCCO. The van der Waals surface area contributed by atoms with Gasteiger partial charge in [-0.3, -0.25) is 4.79 Å². The van der Waals surface area contributed by atoms with Gasteiger partial charge in [-0.15, -0.1) is 0 Å². The van der Waals surface area contributed by atoms with Crippen LogP contribution in [-0.2, 0) is 14.3 Å². The molecule has 0 aliphatic carbocycles. The van der Waals surface area contributed by atoms with E-state index in [1.165, 1.54) is 0 Å². The first-order valence-corrected chi connectivity index (χ1v) is 5.58. The van der Waals surface area contributed by atoms with Gasteiger partial charge in [0.05, 0.1) is 32.0 Å². The Kier molecular flexibility index (Phi) is 5.83. The molecule has 0 aromatic heterocycles. The third kappa shape index (κ3) is 5.65. The van der Waals surface area contributed by atoms with Crippen molar-refractivity contribution < 1.29 is 32.5 Å². The molecule has 2 atom stereocenters. The van der Waals surface area contributed by atoms with Crippen LogP contribution in [0.1, 0.15) is 12.8 Å². The number of aliphatic hydroxyl groups is 1. The van der Waals surface area contributed by atoms with Gasteiger partial charge in [0.2, 0.25) is 5.91 Å². The van der Waals surface area contributed by atoms with E-state index in [0.717, 1.165) is 0 Å². The first kappa shape index (κ1) is 15.2. The van der Waals surface area contributed by atoms with Gasteiger partial charge in [0.25, 0.3) is 0 Å². The number of carbonyl (C=O) groups is 1. The van der Waals surface area contributed by atoms with E-state index in [1.54, 1.807) is 0 Å². The van der Waals surface area contributed by atoms with E-state index < -0.39 is 30.7 Å². The summed E-state index contributed by atoms with van der Waals surface area (Å²) in [6, 6.07) is -0.611. The Balaban J connectivity index is 2.43. The molecule has 8 heteroatoms. The van der Waals surface area contributed by atoms with Gasteiger partial charge in [0.15, 0.2) is 0 Å². The van der Waals surface area contributed by atoms with E-state index in [0.29, 0.717) is 13.0 Å². The number of halogens is 3. The Morgan fingerprint density at radius 1 is 1.50 bits per heavy atom. The molecule has 1 rings (SSSR count). The monoisotopic (exact) mass is 271 g/mol. The lowest BCUT2D eigenvalue weighted by atomic mass is 10.1. The molecule has 0 saturated carbocycles. The van der Waals surface area contributed by atoms with Gasteiger partial charge in [-0.1, -0.05) is 0 Å². The highest BCUT2D eigenvalue weighted by molar-refractivity contribution is 5.77. The van der Waals surface area contributed by atoms with Crippen LogP contribution >= 0.6 is 0 Å². The topological polar surface area (TPSA) is 67.8 Å². The summed E-state index contributed by atoms with van der Waals surface area (Å²) in [4.78, 5) is 11.2. The maximum Gasteiger partial charge on any atom is 0.397 e. The Bertz CT molecular complexity index is 272. The van der Waals surface area contributed by atoms with Crippen molar-refractivity contribution in [3.8, 4) is 0 Å². The van der Waals surface area contributed by atoms with E-state index in [1.807, 2.05) is 0 Å². The zero-order chi connectivity index (χ0) is 13.6.